The van der Waals surface area contributed by atoms with Gasteiger partial charge in [-0.15, -0.1) is 0 Å². The molecule has 2 rings (SSSR count). The van der Waals surface area contributed by atoms with E-state index in [0.717, 1.165) is 25.7 Å². The molecular weight excluding hydrogens is 248 g/mol. The summed E-state index contributed by atoms with van der Waals surface area (Å²) in [5, 5.41) is 15.6. The first-order valence-electron chi connectivity index (χ1n) is 6.55. The van der Waals surface area contributed by atoms with Gasteiger partial charge in [0.15, 0.2) is 0 Å². The fourth-order valence-electron chi connectivity index (χ4n) is 2.65. The maximum Gasteiger partial charge on any atom is 0.310 e. The van der Waals surface area contributed by atoms with Crippen molar-refractivity contribution < 1.29 is 19.2 Å². The van der Waals surface area contributed by atoms with Gasteiger partial charge < -0.3 is 14.9 Å². The molecule has 0 aromatic carbocycles. The number of carboxylic acid groups (broad SMARTS) is 1. The number of nitrogens with zero attached hydrogens (tertiary/aromatic N) is 1. The number of amides is 1. The molecule has 1 amide bonds. The zero-order valence-corrected chi connectivity index (χ0v) is 10.7. The lowest BCUT2D eigenvalue weighted by Gasteiger charge is -2.27. The highest BCUT2D eigenvalue weighted by Gasteiger charge is 2.40. The highest BCUT2D eigenvalue weighted by atomic mass is 16.5. The van der Waals surface area contributed by atoms with E-state index in [1.165, 1.54) is 12.5 Å². The molecule has 104 valence electrons. The van der Waals surface area contributed by atoms with E-state index in [2.05, 4.69) is 15.0 Å². The van der Waals surface area contributed by atoms with Crippen LogP contribution in [0.15, 0.2) is 17.0 Å². The van der Waals surface area contributed by atoms with Crippen LogP contribution in [-0.4, -0.2) is 22.1 Å². The highest BCUT2D eigenvalue weighted by molar-refractivity contribution is 5.94. The van der Waals surface area contributed by atoms with Gasteiger partial charge in [0.05, 0.1) is 11.6 Å². The summed E-state index contributed by atoms with van der Waals surface area (Å²) >= 11 is 0. The number of nitrogens with one attached hydrogen (secondary N) is 1. The van der Waals surface area contributed by atoms with Crippen molar-refractivity contribution in [1.29, 1.82) is 0 Å². The molecule has 1 aromatic rings. The lowest BCUT2D eigenvalue weighted by molar-refractivity contribution is -0.152. The van der Waals surface area contributed by atoms with Gasteiger partial charge in [-0.25, -0.2) is 0 Å². The first-order valence-corrected chi connectivity index (χ1v) is 6.55. The van der Waals surface area contributed by atoms with E-state index in [0.29, 0.717) is 18.5 Å². The Bertz CT molecular complexity index is 434. The van der Waals surface area contributed by atoms with Crippen molar-refractivity contribution >= 4 is 17.6 Å². The Kier molecular flexibility index (Phi) is 4.19. The highest BCUT2D eigenvalue weighted by Crippen LogP contribution is 2.38. The molecule has 1 aliphatic carbocycles. The van der Waals surface area contributed by atoms with Gasteiger partial charge >= 0.3 is 5.97 Å². The average molecular weight is 266 g/mol. The number of hydrogen-bond donors (Lipinski definition) is 2. The molecule has 0 unspecified atom stereocenters. The van der Waals surface area contributed by atoms with Gasteiger partial charge in [-0.3, -0.25) is 9.59 Å². The van der Waals surface area contributed by atoms with Gasteiger partial charge in [-0.05, 0) is 12.8 Å². The summed E-state index contributed by atoms with van der Waals surface area (Å²) in [6, 6.07) is 0. The van der Waals surface area contributed by atoms with E-state index >= 15 is 0 Å². The predicted octanol–water partition coefficient (Wildman–Crippen LogP) is 2.43. The van der Waals surface area contributed by atoms with Crippen LogP contribution in [0.4, 0.5) is 5.69 Å². The molecule has 0 radical (unpaired) electrons. The summed E-state index contributed by atoms with van der Waals surface area (Å²) < 4.78 is 4.62. The van der Waals surface area contributed by atoms with E-state index in [4.69, 9.17) is 0 Å². The van der Waals surface area contributed by atoms with Crippen molar-refractivity contribution in [2.24, 2.45) is 5.41 Å². The molecule has 0 bridgehead atoms. The standard InChI is InChI=1S/C13H18N2O4/c16-11(15-10-8-14-19-9-10)7-13(12(17)18)5-3-1-2-4-6-13/h8-9H,1-7H2,(H,15,16)(H,17,18). The lowest BCUT2D eigenvalue weighted by Crippen LogP contribution is -2.35. The molecule has 1 aliphatic rings. The monoisotopic (exact) mass is 266 g/mol. The van der Waals surface area contributed by atoms with E-state index in [1.54, 1.807) is 0 Å². The second-order valence-electron chi connectivity index (χ2n) is 5.14. The molecule has 1 heterocycles. The number of carbonyl (C=O) groups excluding carboxylic acids is 1. The molecule has 0 aliphatic heterocycles. The molecule has 6 nitrogen and oxygen atoms in total. The van der Waals surface area contributed by atoms with E-state index in [-0.39, 0.29) is 12.3 Å². The number of anilines is 1. The summed E-state index contributed by atoms with van der Waals surface area (Å²) in [5.74, 6) is -1.16. The van der Waals surface area contributed by atoms with Crippen LogP contribution in [0.3, 0.4) is 0 Å². The fraction of sp³-hybridized carbons (Fsp3) is 0.615. The maximum atomic E-state index is 12.0. The van der Waals surface area contributed by atoms with Crippen LogP contribution in [0.2, 0.25) is 0 Å². The van der Waals surface area contributed by atoms with Crippen LogP contribution in [0.5, 0.6) is 0 Å². The summed E-state index contributed by atoms with van der Waals surface area (Å²) in [4.78, 5) is 23.5. The third-order valence-electron chi connectivity index (χ3n) is 3.73. The van der Waals surface area contributed by atoms with Crippen molar-refractivity contribution in [2.45, 2.75) is 44.9 Å². The Balaban J connectivity index is 2.03. The molecule has 1 saturated carbocycles. The van der Waals surface area contributed by atoms with Crippen LogP contribution in [0.25, 0.3) is 0 Å². The maximum absolute atomic E-state index is 12.0. The predicted molar refractivity (Wildman–Crippen MR) is 67.5 cm³/mol. The molecule has 6 heteroatoms. The largest absolute Gasteiger partial charge is 0.481 e. The Hall–Kier alpha value is -1.85. The van der Waals surface area contributed by atoms with Crippen LogP contribution in [-0.2, 0) is 9.59 Å². The minimum absolute atomic E-state index is 0.00745. The van der Waals surface area contributed by atoms with Crippen molar-refractivity contribution in [1.82, 2.24) is 5.16 Å². The van der Waals surface area contributed by atoms with Crippen LogP contribution in [0, 0.1) is 5.41 Å². The minimum atomic E-state index is -0.919. The van der Waals surface area contributed by atoms with Crippen LogP contribution >= 0.6 is 0 Å². The van der Waals surface area contributed by atoms with Gasteiger partial charge in [0.1, 0.15) is 12.0 Å². The van der Waals surface area contributed by atoms with Gasteiger partial charge in [-0.1, -0.05) is 30.8 Å². The molecule has 2 N–H and O–H groups in total. The quantitative estimate of drug-likeness (QED) is 0.816. The Morgan fingerprint density at radius 3 is 2.53 bits per heavy atom. The number of rotatable bonds is 4. The van der Waals surface area contributed by atoms with Gasteiger partial charge in [-0.2, -0.15) is 0 Å². The van der Waals surface area contributed by atoms with Crippen molar-refractivity contribution in [2.75, 3.05) is 5.32 Å². The number of carbonyl (C=O) groups is 2. The van der Waals surface area contributed by atoms with Crippen molar-refractivity contribution in [3.05, 3.63) is 12.5 Å². The lowest BCUT2D eigenvalue weighted by atomic mass is 9.77. The zero-order chi connectivity index (χ0) is 13.7. The third-order valence-corrected chi connectivity index (χ3v) is 3.73. The molecule has 19 heavy (non-hydrogen) atoms. The number of aromatic nitrogens is 1. The topological polar surface area (TPSA) is 92.4 Å². The summed E-state index contributed by atoms with van der Waals surface area (Å²) in [5.41, 5.74) is -0.461. The van der Waals surface area contributed by atoms with Crippen LogP contribution < -0.4 is 5.32 Å². The molecule has 0 saturated heterocycles. The van der Waals surface area contributed by atoms with E-state index < -0.39 is 11.4 Å². The number of aliphatic carboxylic acids is 1. The summed E-state index contributed by atoms with van der Waals surface area (Å²) in [6.07, 6.45) is 7.67. The summed E-state index contributed by atoms with van der Waals surface area (Å²) in [7, 11) is 0. The van der Waals surface area contributed by atoms with Gasteiger partial charge in [0.25, 0.3) is 0 Å². The fourth-order valence-corrected chi connectivity index (χ4v) is 2.65. The van der Waals surface area contributed by atoms with E-state index in [1.807, 2.05) is 0 Å². The van der Waals surface area contributed by atoms with Gasteiger partial charge in [0.2, 0.25) is 5.91 Å². The SMILES string of the molecule is O=C(CC1(C(=O)O)CCCCCC1)Nc1cnoc1. The molecule has 1 fully saturated rings. The van der Waals surface area contributed by atoms with Gasteiger partial charge in [0, 0.05) is 6.42 Å². The zero-order valence-electron chi connectivity index (χ0n) is 10.7. The first kappa shape index (κ1) is 13.6. The normalized spacial score (nSPS) is 18.5. The molecule has 0 spiro atoms. The minimum Gasteiger partial charge on any atom is -0.481 e. The molecule has 1 aromatic heterocycles. The second-order valence-corrected chi connectivity index (χ2v) is 5.14. The average Bonchev–Trinajstić information content (AvgIpc) is 2.73. The number of hydrogen-bond acceptors (Lipinski definition) is 4. The first-order chi connectivity index (χ1) is 9.12. The smallest absolute Gasteiger partial charge is 0.310 e. The molecule has 0 atom stereocenters. The second kappa shape index (κ2) is 5.86. The van der Waals surface area contributed by atoms with E-state index in [9.17, 15) is 14.7 Å². The Labute approximate surface area is 111 Å². The Morgan fingerprint density at radius 1 is 1.32 bits per heavy atom. The third kappa shape index (κ3) is 3.33. The Morgan fingerprint density at radius 2 is 2.00 bits per heavy atom. The van der Waals surface area contributed by atoms with Crippen LogP contribution in [0.1, 0.15) is 44.9 Å². The van der Waals surface area contributed by atoms with Crippen molar-refractivity contribution in [3.8, 4) is 0 Å². The van der Waals surface area contributed by atoms with Crippen molar-refractivity contribution in [3.63, 3.8) is 0 Å². The summed E-state index contributed by atoms with van der Waals surface area (Å²) in [6.45, 7) is 0. The molecular formula is C13H18N2O4. The number of carboxylic acids is 1.